The molecule has 0 aromatic heterocycles. The fraction of sp³-hybridized carbons (Fsp3) is 0.500. The van der Waals surface area contributed by atoms with Gasteiger partial charge in [0.1, 0.15) is 5.82 Å². The summed E-state index contributed by atoms with van der Waals surface area (Å²) >= 11 is 0. The largest absolute Gasteiger partial charge is 0.316 e. The minimum Gasteiger partial charge on any atom is -0.316 e. The summed E-state index contributed by atoms with van der Waals surface area (Å²) < 4.78 is 13.0. The quantitative estimate of drug-likeness (QED) is 0.816. The average Bonchev–Trinajstić information content (AvgIpc) is 2.78. The van der Waals surface area contributed by atoms with Gasteiger partial charge < -0.3 is 5.32 Å². The van der Waals surface area contributed by atoms with Crippen molar-refractivity contribution in [3.8, 4) is 0 Å². The molecule has 1 heterocycles. The summed E-state index contributed by atoms with van der Waals surface area (Å²) in [5, 5.41) is 3.25. The molecule has 0 amide bonds. The van der Waals surface area contributed by atoms with E-state index >= 15 is 0 Å². The first-order valence-corrected chi connectivity index (χ1v) is 6.11. The highest BCUT2D eigenvalue weighted by atomic mass is 19.1. The van der Waals surface area contributed by atoms with E-state index in [-0.39, 0.29) is 17.0 Å². The van der Waals surface area contributed by atoms with Crippen LogP contribution in [0.25, 0.3) is 0 Å². The van der Waals surface area contributed by atoms with Crippen molar-refractivity contribution in [1.82, 2.24) is 5.32 Å². The molecule has 1 fully saturated rings. The number of hydrogen-bond donors (Lipinski definition) is 1. The molecule has 1 aromatic rings. The molecule has 17 heavy (non-hydrogen) atoms. The number of nitrogens with one attached hydrogen (secondary N) is 1. The van der Waals surface area contributed by atoms with Gasteiger partial charge in [-0.2, -0.15) is 0 Å². The number of Topliss-reactive ketones (excluding diaryl/α,β-unsaturated/α-hetero) is 1. The van der Waals surface area contributed by atoms with Gasteiger partial charge in [-0.25, -0.2) is 4.39 Å². The van der Waals surface area contributed by atoms with Gasteiger partial charge in [0.25, 0.3) is 0 Å². The molecule has 1 atom stereocenters. The third-order valence-corrected chi connectivity index (χ3v) is 3.84. The SMILES string of the molecule is CCC1(C(=O)c2ccc(F)cc2C)CCNC1. The molecule has 1 aliphatic heterocycles. The first-order chi connectivity index (χ1) is 8.09. The van der Waals surface area contributed by atoms with E-state index in [0.29, 0.717) is 5.56 Å². The number of carbonyl (C=O) groups excluding carboxylic acids is 1. The highest BCUT2D eigenvalue weighted by molar-refractivity contribution is 6.02. The molecular weight excluding hydrogens is 217 g/mol. The van der Waals surface area contributed by atoms with Gasteiger partial charge in [0.15, 0.2) is 5.78 Å². The van der Waals surface area contributed by atoms with Crippen LogP contribution in [0.2, 0.25) is 0 Å². The second kappa shape index (κ2) is 4.57. The number of aryl methyl sites for hydroxylation is 1. The minimum atomic E-state index is -0.289. The maximum Gasteiger partial charge on any atom is 0.170 e. The van der Waals surface area contributed by atoms with Crippen LogP contribution in [0, 0.1) is 18.2 Å². The Hall–Kier alpha value is -1.22. The van der Waals surface area contributed by atoms with Gasteiger partial charge in [-0.3, -0.25) is 4.79 Å². The van der Waals surface area contributed by atoms with Gasteiger partial charge in [-0.1, -0.05) is 6.92 Å². The van der Waals surface area contributed by atoms with Crippen LogP contribution in [0.3, 0.4) is 0 Å². The second-order valence-electron chi connectivity index (χ2n) is 4.85. The van der Waals surface area contributed by atoms with Crippen LogP contribution in [-0.4, -0.2) is 18.9 Å². The van der Waals surface area contributed by atoms with E-state index in [1.807, 2.05) is 6.92 Å². The lowest BCUT2D eigenvalue weighted by atomic mass is 9.76. The molecule has 0 radical (unpaired) electrons. The first kappa shape index (κ1) is 12.2. The third-order valence-electron chi connectivity index (χ3n) is 3.84. The molecule has 0 bridgehead atoms. The lowest BCUT2D eigenvalue weighted by molar-refractivity contribution is 0.0810. The maximum atomic E-state index is 13.0. The van der Waals surface area contributed by atoms with Crippen LogP contribution in [0.1, 0.15) is 35.7 Å². The molecule has 0 aliphatic carbocycles. The van der Waals surface area contributed by atoms with Gasteiger partial charge in [0, 0.05) is 17.5 Å². The van der Waals surface area contributed by atoms with Crippen molar-refractivity contribution in [2.45, 2.75) is 26.7 Å². The van der Waals surface area contributed by atoms with Crippen LogP contribution in [0.4, 0.5) is 4.39 Å². The molecule has 92 valence electrons. The molecular formula is C14H18FNO. The number of ketones is 1. The third kappa shape index (κ3) is 2.12. The van der Waals surface area contributed by atoms with Crippen molar-refractivity contribution in [3.05, 3.63) is 35.1 Å². The summed E-state index contributed by atoms with van der Waals surface area (Å²) in [7, 11) is 0. The van der Waals surface area contributed by atoms with E-state index < -0.39 is 0 Å². The van der Waals surface area contributed by atoms with Crippen molar-refractivity contribution in [2.75, 3.05) is 13.1 Å². The van der Waals surface area contributed by atoms with E-state index in [4.69, 9.17) is 0 Å². The van der Waals surface area contributed by atoms with Crippen molar-refractivity contribution in [3.63, 3.8) is 0 Å². The number of carbonyl (C=O) groups is 1. The minimum absolute atomic E-state index is 0.155. The zero-order chi connectivity index (χ0) is 12.5. The van der Waals surface area contributed by atoms with Gasteiger partial charge in [-0.15, -0.1) is 0 Å². The number of benzene rings is 1. The van der Waals surface area contributed by atoms with Gasteiger partial charge in [-0.05, 0) is 50.1 Å². The summed E-state index contributed by atoms with van der Waals surface area (Å²) in [5.41, 5.74) is 1.11. The fourth-order valence-electron chi connectivity index (χ4n) is 2.57. The standard InChI is InChI=1S/C14H18FNO/c1-3-14(6-7-16-9-14)13(17)12-5-4-11(15)8-10(12)2/h4-5,8,16H,3,6-7,9H2,1-2H3. The van der Waals surface area contributed by atoms with Crippen LogP contribution in [0.5, 0.6) is 0 Å². The Kier molecular flexibility index (Phi) is 3.29. The van der Waals surface area contributed by atoms with Crippen LogP contribution in [-0.2, 0) is 0 Å². The lowest BCUT2D eigenvalue weighted by Crippen LogP contribution is -2.33. The Morgan fingerprint density at radius 3 is 2.82 bits per heavy atom. The predicted octanol–water partition coefficient (Wildman–Crippen LogP) is 2.71. The zero-order valence-corrected chi connectivity index (χ0v) is 10.3. The molecule has 1 saturated heterocycles. The van der Waals surface area contributed by atoms with Crippen LogP contribution in [0.15, 0.2) is 18.2 Å². The summed E-state index contributed by atoms with van der Waals surface area (Å²) in [6, 6.07) is 4.41. The van der Waals surface area contributed by atoms with E-state index in [1.165, 1.54) is 12.1 Å². The summed E-state index contributed by atoms with van der Waals surface area (Å²) in [5.74, 6) is -0.128. The maximum absolute atomic E-state index is 13.0. The van der Waals surface area contributed by atoms with Crippen molar-refractivity contribution >= 4 is 5.78 Å². The van der Waals surface area contributed by atoms with Crippen molar-refractivity contribution in [1.29, 1.82) is 0 Å². The molecule has 1 aromatic carbocycles. The monoisotopic (exact) mass is 235 g/mol. The number of rotatable bonds is 3. The predicted molar refractivity (Wildman–Crippen MR) is 65.7 cm³/mol. The Morgan fingerprint density at radius 2 is 2.29 bits per heavy atom. The molecule has 1 unspecified atom stereocenters. The molecule has 2 nitrogen and oxygen atoms in total. The second-order valence-corrected chi connectivity index (χ2v) is 4.85. The van der Waals surface area contributed by atoms with Gasteiger partial charge in [0.05, 0.1) is 0 Å². The van der Waals surface area contributed by atoms with Crippen molar-refractivity contribution in [2.24, 2.45) is 5.41 Å². The first-order valence-electron chi connectivity index (χ1n) is 6.11. The number of hydrogen-bond acceptors (Lipinski definition) is 2. The Bertz CT molecular complexity index is 436. The number of halogens is 1. The Morgan fingerprint density at radius 1 is 1.53 bits per heavy atom. The fourth-order valence-corrected chi connectivity index (χ4v) is 2.57. The highest BCUT2D eigenvalue weighted by Crippen LogP contribution is 2.34. The topological polar surface area (TPSA) is 29.1 Å². The van der Waals surface area contributed by atoms with E-state index in [0.717, 1.165) is 31.5 Å². The van der Waals surface area contributed by atoms with Crippen molar-refractivity contribution < 1.29 is 9.18 Å². The molecule has 0 spiro atoms. The normalized spacial score (nSPS) is 23.9. The Labute approximate surface area is 101 Å². The van der Waals surface area contributed by atoms with E-state index in [1.54, 1.807) is 13.0 Å². The van der Waals surface area contributed by atoms with E-state index in [9.17, 15) is 9.18 Å². The Balaban J connectivity index is 2.36. The molecule has 3 heteroatoms. The average molecular weight is 235 g/mol. The summed E-state index contributed by atoms with van der Waals surface area (Å²) in [6.07, 6.45) is 1.70. The summed E-state index contributed by atoms with van der Waals surface area (Å²) in [6.45, 7) is 5.46. The molecule has 0 saturated carbocycles. The lowest BCUT2D eigenvalue weighted by Gasteiger charge is -2.25. The van der Waals surface area contributed by atoms with Gasteiger partial charge >= 0.3 is 0 Å². The van der Waals surface area contributed by atoms with Gasteiger partial charge in [0.2, 0.25) is 0 Å². The molecule has 2 rings (SSSR count). The van der Waals surface area contributed by atoms with Crippen LogP contribution >= 0.6 is 0 Å². The smallest absolute Gasteiger partial charge is 0.170 e. The summed E-state index contributed by atoms with van der Waals surface area (Å²) in [4.78, 5) is 12.6. The molecule has 1 N–H and O–H groups in total. The van der Waals surface area contributed by atoms with Crippen LogP contribution < -0.4 is 5.32 Å². The zero-order valence-electron chi connectivity index (χ0n) is 10.3. The molecule has 1 aliphatic rings. The highest BCUT2D eigenvalue weighted by Gasteiger charge is 2.40. The van der Waals surface area contributed by atoms with E-state index in [2.05, 4.69) is 5.32 Å².